The second-order valence-electron chi connectivity index (χ2n) is 6.82. The number of aromatic amines is 1. The number of hydrogen-bond acceptors (Lipinski definition) is 3. The summed E-state index contributed by atoms with van der Waals surface area (Å²) in [4.78, 5) is 2.49. The lowest BCUT2D eigenvalue weighted by molar-refractivity contribution is 0.245. The number of para-hydroxylation sites is 1. The summed E-state index contributed by atoms with van der Waals surface area (Å²) in [5.74, 6) is 0.920. The Hall–Kier alpha value is -2.59. The van der Waals surface area contributed by atoms with Gasteiger partial charge in [0.2, 0.25) is 0 Å². The first kappa shape index (κ1) is 16.9. The Morgan fingerprint density at radius 1 is 1.08 bits per heavy atom. The Bertz CT molecular complexity index is 857. The number of fused-ring (bicyclic) bond motifs is 1. The van der Waals surface area contributed by atoms with E-state index < -0.39 is 0 Å². The summed E-state index contributed by atoms with van der Waals surface area (Å²) in [7, 11) is 0. The van der Waals surface area contributed by atoms with Crippen molar-refractivity contribution in [2.45, 2.75) is 32.9 Å². The van der Waals surface area contributed by atoms with Gasteiger partial charge in [-0.2, -0.15) is 5.10 Å². The van der Waals surface area contributed by atoms with Gasteiger partial charge >= 0.3 is 0 Å². The van der Waals surface area contributed by atoms with Gasteiger partial charge in [-0.1, -0.05) is 49.4 Å². The number of nitrogens with one attached hydrogen (secondary N) is 1. The fourth-order valence-electron chi connectivity index (χ4n) is 3.55. The van der Waals surface area contributed by atoms with Gasteiger partial charge in [0.05, 0.1) is 6.61 Å². The van der Waals surface area contributed by atoms with E-state index in [-0.39, 0.29) is 0 Å². The van der Waals surface area contributed by atoms with E-state index in [0.717, 1.165) is 56.1 Å². The van der Waals surface area contributed by atoms with Crippen LogP contribution in [0.25, 0.3) is 11.3 Å². The molecule has 4 rings (SSSR count). The molecule has 1 aromatic heterocycles. The van der Waals surface area contributed by atoms with Gasteiger partial charge in [0.1, 0.15) is 11.4 Å². The maximum Gasteiger partial charge on any atom is 0.128 e. The third-order valence-corrected chi connectivity index (χ3v) is 4.87. The van der Waals surface area contributed by atoms with E-state index in [1.807, 2.05) is 12.1 Å². The predicted octanol–water partition coefficient (Wildman–Crippen LogP) is 4.42. The van der Waals surface area contributed by atoms with Gasteiger partial charge < -0.3 is 4.74 Å². The molecule has 1 aliphatic rings. The van der Waals surface area contributed by atoms with Crippen LogP contribution < -0.4 is 4.74 Å². The molecule has 0 bridgehead atoms. The van der Waals surface area contributed by atoms with Crippen molar-refractivity contribution in [2.75, 3.05) is 13.2 Å². The zero-order valence-corrected chi connectivity index (χ0v) is 15.2. The number of ether oxygens (including phenoxy) is 1. The molecular weight excluding hydrogens is 322 g/mol. The molecule has 0 saturated carbocycles. The Balaban J connectivity index is 1.59. The van der Waals surface area contributed by atoms with Crippen LogP contribution in [0.3, 0.4) is 0 Å². The number of nitrogens with zero attached hydrogens (tertiary/aromatic N) is 2. The average molecular weight is 347 g/mol. The summed E-state index contributed by atoms with van der Waals surface area (Å²) in [6.07, 6.45) is 2.00. The molecule has 0 saturated heterocycles. The molecule has 134 valence electrons. The summed E-state index contributed by atoms with van der Waals surface area (Å²) >= 11 is 0. The van der Waals surface area contributed by atoms with Gasteiger partial charge in [-0.05, 0) is 24.1 Å². The van der Waals surface area contributed by atoms with E-state index in [1.54, 1.807) is 0 Å². The van der Waals surface area contributed by atoms with E-state index >= 15 is 0 Å². The van der Waals surface area contributed by atoms with Crippen LogP contribution in [-0.2, 0) is 19.5 Å². The molecule has 0 spiro atoms. The molecule has 4 heteroatoms. The van der Waals surface area contributed by atoms with Gasteiger partial charge in [0, 0.05) is 42.9 Å². The topological polar surface area (TPSA) is 41.1 Å². The van der Waals surface area contributed by atoms with Crippen LogP contribution in [0.5, 0.6) is 5.75 Å². The van der Waals surface area contributed by atoms with Crippen LogP contribution in [0.2, 0.25) is 0 Å². The lowest BCUT2D eigenvalue weighted by atomic mass is 10.00. The normalized spacial score (nSPS) is 14.2. The molecule has 0 unspecified atom stereocenters. The van der Waals surface area contributed by atoms with Crippen LogP contribution >= 0.6 is 0 Å². The van der Waals surface area contributed by atoms with Crippen molar-refractivity contribution in [1.82, 2.24) is 15.1 Å². The van der Waals surface area contributed by atoms with Crippen molar-refractivity contribution < 1.29 is 4.74 Å². The van der Waals surface area contributed by atoms with E-state index in [4.69, 9.17) is 4.74 Å². The SMILES string of the molecule is CCCOc1ccccc1-c1n[nH]c2c1CN(Cc1ccccc1)CC2. The van der Waals surface area contributed by atoms with Crippen LogP contribution in [0.4, 0.5) is 0 Å². The smallest absolute Gasteiger partial charge is 0.128 e. The molecule has 2 aromatic carbocycles. The minimum Gasteiger partial charge on any atom is -0.493 e. The average Bonchev–Trinajstić information content (AvgIpc) is 3.10. The zero-order chi connectivity index (χ0) is 17.8. The zero-order valence-electron chi connectivity index (χ0n) is 15.2. The van der Waals surface area contributed by atoms with Crippen molar-refractivity contribution in [2.24, 2.45) is 0 Å². The highest BCUT2D eigenvalue weighted by Gasteiger charge is 2.24. The summed E-state index contributed by atoms with van der Waals surface area (Å²) < 4.78 is 5.96. The Morgan fingerprint density at radius 3 is 2.73 bits per heavy atom. The summed E-state index contributed by atoms with van der Waals surface area (Å²) in [5.41, 5.74) is 6.03. The van der Waals surface area contributed by atoms with E-state index in [9.17, 15) is 0 Å². The second-order valence-corrected chi connectivity index (χ2v) is 6.82. The molecule has 0 atom stereocenters. The van der Waals surface area contributed by atoms with E-state index in [2.05, 4.69) is 64.5 Å². The molecular formula is C22H25N3O. The first-order chi connectivity index (χ1) is 12.8. The molecule has 0 fully saturated rings. The van der Waals surface area contributed by atoms with E-state index in [0.29, 0.717) is 0 Å². The van der Waals surface area contributed by atoms with Crippen LogP contribution in [0.1, 0.15) is 30.2 Å². The summed E-state index contributed by atoms with van der Waals surface area (Å²) in [6, 6.07) is 18.9. The van der Waals surface area contributed by atoms with Crippen LogP contribution in [0.15, 0.2) is 54.6 Å². The molecule has 26 heavy (non-hydrogen) atoms. The lowest BCUT2D eigenvalue weighted by Gasteiger charge is -2.27. The molecule has 3 aromatic rings. The van der Waals surface area contributed by atoms with Crippen LogP contribution in [-0.4, -0.2) is 28.2 Å². The van der Waals surface area contributed by atoms with Gasteiger partial charge in [-0.25, -0.2) is 0 Å². The fourth-order valence-corrected chi connectivity index (χ4v) is 3.55. The Morgan fingerprint density at radius 2 is 1.88 bits per heavy atom. The van der Waals surface area contributed by atoms with Crippen molar-refractivity contribution in [3.63, 3.8) is 0 Å². The minimum absolute atomic E-state index is 0.726. The first-order valence-corrected chi connectivity index (χ1v) is 9.39. The summed E-state index contributed by atoms with van der Waals surface area (Å²) in [6.45, 7) is 5.79. The molecule has 1 aliphatic heterocycles. The number of benzene rings is 2. The predicted molar refractivity (Wildman–Crippen MR) is 104 cm³/mol. The molecule has 2 heterocycles. The minimum atomic E-state index is 0.726. The maximum atomic E-state index is 5.96. The Labute approximate surface area is 154 Å². The highest BCUT2D eigenvalue weighted by Crippen LogP contribution is 2.34. The third-order valence-electron chi connectivity index (χ3n) is 4.87. The molecule has 0 amide bonds. The molecule has 1 N–H and O–H groups in total. The standard InChI is InChI=1S/C22H25N3O/c1-2-14-26-21-11-7-6-10-18(21)22-19-16-25(13-12-20(19)23-24-22)15-17-8-4-3-5-9-17/h3-11H,2,12-16H2,1H3,(H,23,24). The largest absolute Gasteiger partial charge is 0.493 e. The third kappa shape index (κ3) is 3.51. The second kappa shape index (κ2) is 7.75. The Kier molecular flexibility index (Phi) is 5.02. The quantitative estimate of drug-likeness (QED) is 0.717. The summed E-state index contributed by atoms with van der Waals surface area (Å²) in [5, 5.41) is 7.91. The van der Waals surface area contributed by atoms with Gasteiger partial charge in [0.15, 0.2) is 0 Å². The highest BCUT2D eigenvalue weighted by atomic mass is 16.5. The van der Waals surface area contributed by atoms with Crippen molar-refractivity contribution in [1.29, 1.82) is 0 Å². The number of hydrogen-bond donors (Lipinski definition) is 1. The lowest BCUT2D eigenvalue weighted by Crippen LogP contribution is -2.30. The number of H-pyrrole nitrogens is 1. The monoisotopic (exact) mass is 347 g/mol. The fraction of sp³-hybridized carbons (Fsp3) is 0.318. The molecule has 0 aliphatic carbocycles. The molecule has 0 radical (unpaired) electrons. The number of aromatic nitrogens is 2. The van der Waals surface area contributed by atoms with Crippen LogP contribution in [0, 0.1) is 0 Å². The highest BCUT2D eigenvalue weighted by molar-refractivity contribution is 5.70. The van der Waals surface area contributed by atoms with E-state index in [1.165, 1.54) is 16.8 Å². The number of rotatable bonds is 6. The first-order valence-electron chi connectivity index (χ1n) is 9.39. The van der Waals surface area contributed by atoms with Crippen molar-refractivity contribution in [3.8, 4) is 17.0 Å². The van der Waals surface area contributed by atoms with Gasteiger partial charge in [-0.15, -0.1) is 0 Å². The molecule has 4 nitrogen and oxygen atoms in total. The van der Waals surface area contributed by atoms with Gasteiger partial charge in [0.25, 0.3) is 0 Å². The van der Waals surface area contributed by atoms with Crippen molar-refractivity contribution >= 4 is 0 Å². The van der Waals surface area contributed by atoms with Crippen molar-refractivity contribution in [3.05, 3.63) is 71.4 Å². The van der Waals surface area contributed by atoms with Gasteiger partial charge in [-0.3, -0.25) is 10.00 Å². The maximum absolute atomic E-state index is 5.96.